The highest BCUT2D eigenvalue weighted by atomic mass is 35.6. The van der Waals surface area contributed by atoms with Gasteiger partial charge in [0.05, 0.1) is 6.54 Å². The minimum absolute atomic E-state index is 0.298. The highest BCUT2D eigenvalue weighted by molar-refractivity contribution is 6.67. The molecule has 0 atom stereocenters. The van der Waals surface area contributed by atoms with Gasteiger partial charge in [-0.1, -0.05) is 65.1 Å². The Bertz CT molecular complexity index is 446. The van der Waals surface area contributed by atoms with Crippen molar-refractivity contribution in [2.24, 2.45) is 0 Å². The third-order valence-electron chi connectivity index (χ3n) is 1.89. The maximum Gasteiger partial charge on any atom is 0.407 e. The largest absolute Gasteiger partial charge is 0.445 e. The van der Waals surface area contributed by atoms with Crippen LogP contribution in [0.25, 0.3) is 6.08 Å². The zero-order chi connectivity index (χ0) is 14.3. The van der Waals surface area contributed by atoms with E-state index >= 15 is 0 Å². The standard InChI is InChI=1S/C12H11Cl3FNO2/c13-12(14,15)8-19-11(18)17-7-10(16)6-9-4-2-1-3-5-9/h1-6H,7-8H2,(H,17,18)/b10-6-. The molecule has 0 aliphatic carbocycles. The predicted molar refractivity (Wildman–Crippen MR) is 75.2 cm³/mol. The van der Waals surface area contributed by atoms with Crippen LogP contribution in [0.4, 0.5) is 9.18 Å². The quantitative estimate of drug-likeness (QED) is 0.846. The van der Waals surface area contributed by atoms with Crippen molar-refractivity contribution in [1.82, 2.24) is 5.32 Å². The van der Waals surface area contributed by atoms with Crippen molar-refractivity contribution >= 4 is 47.0 Å². The average molecular weight is 327 g/mol. The number of alkyl halides is 3. The molecule has 1 amide bonds. The molecule has 19 heavy (non-hydrogen) atoms. The van der Waals surface area contributed by atoms with Gasteiger partial charge in [0.1, 0.15) is 12.4 Å². The molecule has 1 aromatic rings. The highest BCUT2D eigenvalue weighted by Gasteiger charge is 2.22. The number of amides is 1. The summed E-state index contributed by atoms with van der Waals surface area (Å²) < 4.78 is 16.3. The molecule has 1 N–H and O–H groups in total. The number of nitrogens with one attached hydrogen (secondary N) is 1. The number of hydrogen-bond donors (Lipinski definition) is 1. The number of rotatable bonds is 4. The van der Waals surface area contributed by atoms with E-state index < -0.39 is 22.3 Å². The Morgan fingerprint density at radius 2 is 1.95 bits per heavy atom. The van der Waals surface area contributed by atoms with Crippen LogP contribution in [-0.4, -0.2) is 23.0 Å². The molecule has 104 valence electrons. The van der Waals surface area contributed by atoms with E-state index in [0.717, 1.165) is 0 Å². The van der Waals surface area contributed by atoms with E-state index in [1.54, 1.807) is 24.3 Å². The minimum Gasteiger partial charge on any atom is -0.445 e. The smallest absolute Gasteiger partial charge is 0.407 e. The first-order valence-corrected chi connectivity index (χ1v) is 6.39. The molecule has 7 heteroatoms. The Labute approximate surface area is 125 Å². The van der Waals surface area contributed by atoms with Crippen LogP contribution >= 0.6 is 34.8 Å². The van der Waals surface area contributed by atoms with Crippen LogP contribution in [0.15, 0.2) is 36.2 Å². The van der Waals surface area contributed by atoms with Gasteiger partial charge in [0, 0.05) is 0 Å². The fourth-order valence-electron chi connectivity index (χ4n) is 1.14. The molecule has 0 radical (unpaired) electrons. The lowest BCUT2D eigenvalue weighted by atomic mass is 10.2. The molecule has 1 rings (SSSR count). The van der Waals surface area contributed by atoms with Gasteiger partial charge in [-0.15, -0.1) is 0 Å². The fraction of sp³-hybridized carbons (Fsp3) is 0.250. The van der Waals surface area contributed by atoms with E-state index in [2.05, 4.69) is 10.1 Å². The van der Waals surface area contributed by atoms with Crippen LogP contribution in [0.2, 0.25) is 0 Å². The number of ether oxygens (including phenoxy) is 1. The zero-order valence-electron chi connectivity index (χ0n) is 9.71. The van der Waals surface area contributed by atoms with Crippen molar-refractivity contribution in [2.75, 3.05) is 13.2 Å². The second-order valence-corrected chi connectivity index (χ2v) is 6.06. The Hall–Kier alpha value is -0.970. The summed E-state index contributed by atoms with van der Waals surface area (Å²) in [6, 6.07) is 8.85. The normalized spacial score (nSPS) is 12.1. The first kappa shape index (κ1) is 16.1. The summed E-state index contributed by atoms with van der Waals surface area (Å²) in [5, 5.41) is 2.19. The van der Waals surface area contributed by atoms with Gasteiger partial charge in [-0.3, -0.25) is 0 Å². The summed E-state index contributed by atoms with van der Waals surface area (Å²) in [6.45, 7) is -0.707. The molecular formula is C12H11Cl3FNO2. The van der Waals surface area contributed by atoms with Gasteiger partial charge in [-0.2, -0.15) is 0 Å². The van der Waals surface area contributed by atoms with Gasteiger partial charge in [0.2, 0.25) is 3.79 Å². The van der Waals surface area contributed by atoms with Crippen molar-refractivity contribution in [3.05, 3.63) is 41.7 Å². The van der Waals surface area contributed by atoms with Gasteiger partial charge in [0.15, 0.2) is 0 Å². The molecule has 0 bridgehead atoms. The lowest BCUT2D eigenvalue weighted by Gasteiger charge is -2.11. The maximum absolute atomic E-state index is 13.4. The fourth-order valence-corrected chi connectivity index (χ4v) is 1.30. The van der Waals surface area contributed by atoms with Gasteiger partial charge < -0.3 is 10.1 Å². The summed E-state index contributed by atoms with van der Waals surface area (Å²) >= 11 is 16.2. The van der Waals surface area contributed by atoms with Crippen LogP contribution in [-0.2, 0) is 4.74 Å². The zero-order valence-corrected chi connectivity index (χ0v) is 12.0. The number of halogens is 4. The van der Waals surface area contributed by atoms with E-state index in [1.807, 2.05) is 6.07 Å². The molecule has 1 aromatic carbocycles. The topological polar surface area (TPSA) is 38.3 Å². The number of alkyl carbamates (subject to hydrolysis) is 1. The molecule has 0 aromatic heterocycles. The molecule has 0 aliphatic heterocycles. The number of hydrogen-bond acceptors (Lipinski definition) is 2. The summed E-state index contributed by atoms with van der Waals surface area (Å²) in [4.78, 5) is 11.1. The average Bonchev–Trinajstić information content (AvgIpc) is 2.34. The second-order valence-electron chi connectivity index (χ2n) is 3.55. The van der Waals surface area contributed by atoms with Gasteiger partial charge >= 0.3 is 6.09 Å². The first-order chi connectivity index (χ1) is 8.87. The maximum atomic E-state index is 13.4. The predicted octanol–water partition coefficient (Wildman–Crippen LogP) is 4.09. The lowest BCUT2D eigenvalue weighted by molar-refractivity contribution is 0.148. The monoisotopic (exact) mass is 325 g/mol. The number of carbonyl (C=O) groups is 1. The molecule has 0 spiro atoms. The summed E-state index contributed by atoms with van der Waals surface area (Å²) in [5.41, 5.74) is 0.691. The van der Waals surface area contributed by atoms with E-state index in [1.165, 1.54) is 6.08 Å². The molecule has 0 aliphatic rings. The van der Waals surface area contributed by atoms with Gasteiger partial charge in [-0.05, 0) is 11.6 Å². The Kier molecular flexibility index (Phi) is 6.42. The molecule has 0 fully saturated rings. The van der Waals surface area contributed by atoms with E-state index in [4.69, 9.17) is 34.8 Å². The van der Waals surface area contributed by atoms with Crippen LogP contribution in [0, 0.1) is 0 Å². The third kappa shape index (κ3) is 7.93. The van der Waals surface area contributed by atoms with Crippen molar-refractivity contribution in [1.29, 1.82) is 0 Å². The molecule has 0 heterocycles. The highest BCUT2D eigenvalue weighted by Crippen LogP contribution is 2.25. The van der Waals surface area contributed by atoms with Crippen molar-refractivity contribution in [2.45, 2.75) is 3.79 Å². The Balaban J connectivity index is 2.36. The Morgan fingerprint density at radius 3 is 2.53 bits per heavy atom. The van der Waals surface area contributed by atoms with Crippen LogP contribution in [0.5, 0.6) is 0 Å². The minimum atomic E-state index is -1.68. The van der Waals surface area contributed by atoms with Crippen LogP contribution in [0.3, 0.4) is 0 Å². The third-order valence-corrected chi connectivity index (χ3v) is 2.22. The first-order valence-electron chi connectivity index (χ1n) is 5.25. The van der Waals surface area contributed by atoms with E-state index in [-0.39, 0.29) is 6.54 Å². The van der Waals surface area contributed by atoms with E-state index in [9.17, 15) is 9.18 Å². The molecule has 0 unspecified atom stereocenters. The molecule has 0 saturated heterocycles. The summed E-state index contributed by atoms with van der Waals surface area (Å²) in [6.07, 6.45) is 0.442. The summed E-state index contributed by atoms with van der Waals surface area (Å²) in [7, 11) is 0. The Morgan fingerprint density at radius 1 is 1.32 bits per heavy atom. The van der Waals surface area contributed by atoms with Crippen LogP contribution in [0.1, 0.15) is 5.56 Å². The SMILES string of the molecule is O=C(NC/C(F)=C/c1ccccc1)OCC(Cl)(Cl)Cl. The molecule has 3 nitrogen and oxygen atoms in total. The van der Waals surface area contributed by atoms with Crippen molar-refractivity contribution < 1.29 is 13.9 Å². The second kappa shape index (κ2) is 7.58. The van der Waals surface area contributed by atoms with Gasteiger partial charge in [-0.25, -0.2) is 9.18 Å². The van der Waals surface area contributed by atoms with Gasteiger partial charge in [0.25, 0.3) is 0 Å². The van der Waals surface area contributed by atoms with Crippen molar-refractivity contribution in [3.63, 3.8) is 0 Å². The van der Waals surface area contributed by atoms with Crippen molar-refractivity contribution in [3.8, 4) is 0 Å². The molecular weight excluding hydrogens is 315 g/mol. The number of carbonyl (C=O) groups excluding carboxylic acids is 1. The lowest BCUT2D eigenvalue weighted by Crippen LogP contribution is -2.28. The van der Waals surface area contributed by atoms with E-state index in [0.29, 0.717) is 5.56 Å². The molecule has 0 saturated carbocycles. The number of benzene rings is 1. The summed E-state index contributed by atoms with van der Waals surface area (Å²) in [5.74, 6) is -0.517. The van der Waals surface area contributed by atoms with Crippen LogP contribution < -0.4 is 5.32 Å².